The van der Waals surface area contributed by atoms with E-state index in [1.54, 1.807) is 31.5 Å². The molecule has 5 nitrogen and oxygen atoms in total. The highest BCUT2D eigenvalue weighted by Gasteiger charge is 2.08. The Bertz CT molecular complexity index is 942. The third-order valence-electron chi connectivity index (χ3n) is 4.01. The van der Waals surface area contributed by atoms with Crippen molar-refractivity contribution < 1.29 is 9.53 Å². The van der Waals surface area contributed by atoms with Crippen molar-refractivity contribution in [1.29, 1.82) is 0 Å². The number of aromatic nitrogens is 1. The first kappa shape index (κ1) is 18.7. The quantitative estimate of drug-likeness (QED) is 0.648. The van der Waals surface area contributed by atoms with Gasteiger partial charge in [-0.3, -0.25) is 9.78 Å². The van der Waals surface area contributed by atoms with Crippen molar-refractivity contribution in [2.24, 2.45) is 0 Å². The molecule has 2 N–H and O–H groups in total. The minimum Gasteiger partial charge on any atom is -0.495 e. The Morgan fingerprint density at radius 1 is 1.07 bits per heavy atom. The number of ether oxygens (including phenoxy) is 1. The van der Waals surface area contributed by atoms with E-state index < -0.39 is 0 Å². The van der Waals surface area contributed by atoms with Gasteiger partial charge in [-0.05, 0) is 36.8 Å². The maximum atomic E-state index is 12.4. The fourth-order valence-electron chi connectivity index (χ4n) is 2.53. The zero-order valence-electron chi connectivity index (χ0n) is 15.1. The number of pyridine rings is 1. The van der Waals surface area contributed by atoms with E-state index in [4.69, 9.17) is 16.3 Å². The van der Waals surface area contributed by atoms with Crippen molar-refractivity contribution in [2.75, 3.05) is 12.4 Å². The lowest BCUT2D eigenvalue weighted by Gasteiger charge is -2.10. The van der Waals surface area contributed by atoms with Gasteiger partial charge in [-0.15, -0.1) is 0 Å². The molecule has 138 valence electrons. The lowest BCUT2D eigenvalue weighted by Crippen LogP contribution is -2.23. The predicted molar refractivity (Wildman–Crippen MR) is 108 cm³/mol. The number of nitrogens with zero attached hydrogens (tertiary/aromatic N) is 1. The Kier molecular flexibility index (Phi) is 5.94. The molecular weight excluding hydrogens is 362 g/mol. The van der Waals surface area contributed by atoms with E-state index >= 15 is 0 Å². The first-order valence-corrected chi connectivity index (χ1v) is 8.82. The van der Waals surface area contributed by atoms with Crippen LogP contribution in [0.2, 0.25) is 5.02 Å². The van der Waals surface area contributed by atoms with E-state index in [2.05, 4.69) is 15.6 Å². The fourth-order valence-corrected chi connectivity index (χ4v) is 2.79. The number of aryl methyl sites for hydroxylation is 1. The fraction of sp³-hybridized carbons (Fsp3) is 0.143. The number of halogens is 1. The van der Waals surface area contributed by atoms with Crippen LogP contribution in [0.25, 0.3) is 0 Å². The number of rotatable bonds is 6. The van der Waals surface area contributed by atoms with Gasteiger partial charge in [0.15, 0.2) is 0 Å². The zero-order chi connectivity index (χ0) is 19.2. The van der Waals surface area contributed by atoms with Crippen molar-refractivity contribution in [3.05, 3.63) is 82.6 Å². The van der Waals surface area contributed by atoms with E-state index in [9.17, 15) is 4.79 Å². The number of carbonyl (C=O) groups is 1. The van der Waals surface area contributed by atoms with Crippen LogP contribution in [0.3, 0.4) is 0 Å². The highest BCUT2D eigenvalue weighted by Crippen LogP contribution is 2.28. The summed E-state index contributed by atoms with van der Waals surface area (Å²) in [5, 5.41) is 6.60. The Hall–Kier alpha value is -3.05. The number of carbonyl (C=O) groups excluding carboxylic acids is 1. The van der Waals surface area contributed by atoms with E-state index in [0.29, 0.717) is 28.6 Å². The average molecular weight is 382 g/mol. The lowest BCUT2D eigenvalue weighted by atomic mass is 10.1. The third-order valence-corrected chi connectivity index (χ3v) is 4.31. The van der Waals surface area contributed by atoms with Crippen LogP contribution in [0.15, 0.2) is 60.9 Å². The summed E-state index contributed by atoms with van der Waals surface area (Å²) >= 11 is 6.14. The van der Waals surface area contributed by atoms with E-state index in [1.165, 1.54) is 11.8 Å². The van der Waals surface area contributed by atoms with Gasteiger partial charge in [0.1, 0.15) is 5.75 Å². The summed E-state index contributed by atoms with van der Waals surface area (Å²) < 4.78 is 5.15. The van der Waals surface area contributed by atoms with Crippen molar-refractivity contribution >= 4 is 28.9 Å². The molecule has 1 amide bonds. The van der Waals surface area contributed by atoms with Gasteiger partial charge in [-0.1, -0.05) is 41.4 Å². The SMILES string of the molecule is COc1ccc(Nc2cncc(C(=O)NCc3ccc(C)cc3)c2)cc1Cl. The molecular formula is C21H20ClN3O2. The van der Waals surface area contributed by atoms with Crippen LogP contribution < -0.4 is 15.4 Å². The van der Waals surface area contributed by atoms with Crippen LogP contribution >= 0.6 is 11.6 Å². The van der Waals surface area contributed by atoms with E-state index in [0.717, 1.165) is 11.3 Å². The number of methoxy groups -OCH3 is 1. The third kappa shape index (κ3) is 4.99. The first-order chi connectivity index (χ1) is 13.0. The monoisotopic (exact) mass is 381 g/mol. The molecule has 27 heavy (non-hydrogen) atoms. The first-order valence-electron chi connectivity index (χ1n) is 8.44. The average Bonchev–Trinajstić information content (AvgIpc) is 2.68. The van der Waals surface area contributed by atoms with E-state index in [1.807, 2.05) is 37.3 Å². The summed E-state index contributed by atoms with van der Waals surface area (Å²) in [5.74, 6) is 0.420. The molecule has 0 aliphatic rings. The normalized spacial score (nSPS) is 10.3. The summed E-state index contributed by atoms with van der Waals surface area (Å²) in [7, 11) is 1.57. The topological polar surface area (TPSA) is 63.2 Å². The van der Waals surface area contributed by atoms with Crippen LogP contribution in [0.4, 0.5) is 11.4 Å². The summed E-state index contributed by atoms with van der Waals surface area (Å²) in [6.45, 7) is 2.49. The number of hydrogen-bond donors (Lipinski definition) is 2. The van der Waals surface area contributed by atoms with Gasteiger partial charge in [0.2, 0.25) is 0 Å². The molecule has 3 rings (SSSR count). The van der Waals surface area contributed by atoms with Gasteiger partial charge >= 0.3 is 0 Å². The molecule has 1 aromatic heterocycles. The van der Waals surface area contributed by atoms with Gasteiger partial charge in [0.25, 0.3) is 5.91 Å². The molecule has 6 heteroatoms. The Morgan fingerprint density at radius 3 is 2.56 bits per heavy atom. The molecule has 0 saturated heterocycles. The molecule has 0 radical (unpaired) electrons. The van der Waals surface area contributed by atoms with Crippen molar-refractivity contribution in [3.8, 4) is 5.75 Å². The molecule has 0 aliphatic carbocycles. The molecule has 0 atom stereocenters. The minimum atomic E-state index is -0.181. The second-order valence-electron chi connectivity index (χ2n) is 6.10. The second kappa shape index (κ2) is 8.56. The molecule has 1 heterocycles. The Balaban J connectivity index is 1.66. The Morgan fingerprint density at radius 2 is 1.85 bits per heavy atom. The van der Waals surface area contributed by atoms with Crippen LogP contribution in [0, 0.1) is 6.92 Å². The van der Waals surface area contributed by atoms with Gasteiger partial charge in [0.05, 0.1) is 29.6 Å². The van der Waals surface area contributed by atoms with Gasteiger partial charge in [-0.2, -0.15) is 0 Å². The summed E-state index contributed by atoms with van der Waals surface area (Å²) in [4.78, 5) is 16.6. The summed E-state index contributed by atoms with van der Waals surface area (Å²) in [6, 6.07) is 15.2. The number of anilines is 2. The van der Waals surface area contributed by atoms with Crippen LogP contribution in [-0.4, -0.2) is 18.0 Å². The number of benzene rings is 2. The molecule has 3 aromatic rings. The van der Waals surface area contributed by atoms with Gasteiger partial charge < -0.3 is 15.4 Å². The predicted octanol–water partition coefficient (Wildman–Crippen LogP) is 4.73. The van der Waals surface area contributed by atoms with Crippen molar-refractivity contribution in [2.45, 2.75) is 13.5 Å². The lowest BCUT2D eigenvalue weighted by molar-refractivity contribution is 0.0950. The molecule has 2 aromatic carbocycles. The highest BCUT2D eigenvalue weighted by atomic mass is 35.5. The minimum absolute atomic E-state index is 0.181. The number of amides is 1. The zero-order valence-corrected chi connectivity index (χ0v) is 15.9. The van der Waals surface area contributed by atoms with Crippen molar-refractivity contribution in [1.82, 2.24) is 10.3 Å². The largest absolute Gasteiger partial charge is 0.495 e. The molecule has 0 spiro atoms. The van der Waals surface area contributed by atoms with Crippen LogP contribution in [0.1, 0.15) is 21.5 Å². The number of nitrogens with one attached hydrogen (secondary N) is 2. The molecule has 0 saturated carbocycles. The molecule has 0 unspecified atom stereocenters. The highest BCUT2D eigenvalue weighted by molar-refractivity contribution is 6.32. The van der Waals surface area contributed by atoms with Crippen LogP contribution in [-0.2, 0) is 6.54 Å². The van der Waals surface area contributed by atoms with Gasteiger partial charge in [0, 0.05) is 18.4 Å². The standard InChI is InChI=1S/C21H20ClN3O2/c1-14-3-5-15(6-4-14)11-24-21(26)16-9-18(13-23-12-16)25-17-7-8-20(27-2)19(22)10-17/h3-10,12-13,25H,11H2,1-2H3,(H,24,26). The van der Waals surface area contributed by atoms with Crippen LogP contribution in [0.5, 0.6) is 5.75 Å². The maximum absolute atomic E-state index is 12.4. The maximum Gasteiger partial charge on any atom is 0.253 e. The smallest absolute Gasteiger partial charge is 0.253 e. The van der Waals surface area contributed by atoms with E-state index in [-0.39, 0.29) is 5.91 Å². The second-order valence-corrected chi connectivity index (χ2v) is 6.51. The molecule has 0 aliphatic heterocycles. The van der Waals surface area contributed by atoms with Gasteiger partial charge in [-0.25, -0.2) is 0 Å². The summed E-state index contributed by atoms with van der Waals surface area (Å²) in [6.07, 6.45) is 3.19. The molecule has 0 bridgehead atoms. The Labute approximate surface area is 163 Å². The molecule has 0 fully saturated rings. The van der Waals surface area contributed by atoms with Crippen molar-refractivity contribution in [3.63, 3.8) is 0 Å². The number of hydrogen-bond acceptors (Lipinski definition) is 4. The summed E-state index contributed by atoms with van der Waals surface area (Å²) in [5.41, 5.74) is 4.18.